The van der Waals surface area contributed by atoms with Crippen LogP contribution in [0.4, 0.5) is 4.79 Å². The van der Waals surface area contributed by atoms with Crippen LogP contribution < -0.4 is 10.6 Å². The molecule has 0 radical (unpaired) electrons. The van der Waals surface area contributed by atoms with E-state index >= 15 is 0 Å². The van der Waals surface area contributed by atoms with Gasteiger partial charge in [-0.3, -0.25) is 9.59 Å². The standard InChI is InChI=1S/C32H58B2N2O4/c1-23(2)19-28(34-39-27-21-24-20-26(31(24,3)4)32(27,5)40-34)36-29(37)22-35-30(38)33-25-17-15-13-11-9-7-6-8-10-12-14-16-18-25/h23-28,33H,6-22H2,1-5H3,(H,35,38)(H,36,37)/t24-,26-,27?,28+,32-/m1/s1. The Bertz CT molecular complexity index is 826. The Hall–Kier alpha value is -1.01. The molecule has 0 aromatic heterocycles. The minimum atomic E-state index is -0.433. The highest BCUT2D eigenvalue weighted by Gasteiger charge is 2.68. The van der Waals surface area contributed by atoms with Gasteiger partial charge in [-0.05, 0) is 49.4 Å². The van der Waals surface area contributed by atoms with E-state index in [2.05, 4.69) is 45.3 Å². The molecule has 1 aliphatic heterocycles. The van der Waals surface area contributed by atoms with Crippen LogP contribution in [-0.4, -0.2) is 50.3 Å². The molecule has 2 N–H and O–H groups in total. The molecule has 5 atom stereocenters. The van der Waals surface area contributed by atoms with E-state index in [1.54, 1.807) is 0 Å². The van der Waals surface area contributed by atoms with Gasteiger partial charge in [0.15, 0.2) is 5.81 Å². The average Bonchev–Trinajstić information content (AvgIpc) is 3.26. The minimum Gasteiger partial charge on any atom is -0.404 e. The van der Waals surface area contributed by atoms with Crippen LogP contribution >= 0.6 is 0 Å². The summed E-state index contributed by atoms with van der Waals surface area (Å²) in [6.07, 6.45) is 19.9. The predicted octanol–water partition coefficient (Wildman–Crippen LogP) is 6.80. The van der Waals surface area contributed by atoms with Crippen LogP contribution in [0.25, 0.3) is 0 Å². The first-order chi connectivity index (χ1) is 19.1. The van der Waals surface area contributed by atoms with Gasteiger partial charge in [-0.25, -0.2) is 0 Å². The lowest BCUT2D eigenvalue weighted by Gasteiger charge is -2.64. The molecule has 40 heavy (non-hydrogen) atoms. The lowest BCUT2D eigenvalue weighted by atomic mass is 9.43. The van der Waals surface area contributed by atoms with Gasteiger partial charge in [0, 0.05) is 0 Å². The number of rotatable bonds is 8. The maximum absolute atomic E-state index is 13.0. The van der Waals surface area contributed by atoms with Gasteiger partial charge in [-0.15, -0.1) is 0 Å². The number of hydrogen-bond donors (Lipinski definition) is 2. The van der Waals surface area contributed by atoms with Crippen LogP contribution in [0, 0.1) is 23.2 Å². The molecule has 5 aliphatic rings. The summed E-state index contributed by atoms with van der Waals surface area (Å²) in [4.78, 5) is 25.9. The SMILES string of the molecule is CC(C)C[C@H](NC(=O)CNC(=O)BC1CCCCCCCCCCCCC1)B1OC2C[C@H]3C[C@H](C3(C)C)[C@@]2(C)O1. The summed E-state index contributed by atoms with van der Waals surface area (Å²) in [5, 5.41) is 6.11. The van der Waals surface area contributed by atoms with E-state index in [1.807, 2.05) is 0 Å². The van der Waals surface area contributed by atoms with Gasteiger partial charge >= 0.3 is 7.12 Å². The van der Waals surface area contributed by atoms with Crippen molar-refractivity contribution >= 4 is 26.1 Å². The summed E-state index contributed by atoms with van der Waals surface area (Å²) in [5.74, 6) is 1.65. The molecule has 226 valence electrons. The molecule has 1 saturated heterocycles. The smallest absolute Gasteiger partial charge is 0.404 e. The fraction of sp³-hybridized carbons (Fsp3) is 0.938. The summed E-state index contributed by atoms with van der Waals surface area (Å²) >= 11 is 0. The lowest BCUT2D eigenvalue weighted by molar-refractivity contribution is -0.199. The van der Waals surface area contributed by atoms with Crippen LogP contribution in [0.1, 0.15) is 137 Å². The minimum absolute atomic E-state index is 0.00980. The fourth-order valence-corrected chi connectivity index (χ4v) is 8.39. The van der Waals surface area contributed by atoms with Crippen LogP contribution in [0.3, 0.4) is 0 Å². The van der Waals surface area contributed by atoms with Crippen molar-refractivity contribution in [1.82, 2.24) is 10.6 Å². The van der Waals surface area contributed by atoms with Gasteiger partial charge in [0.1, 0.15) is 0 Å². The molecule has 0 aromatic carbocycles. The quantitative estimate of drug-likeness (QED) is 0.323. The largest absolute Gasteiger partial charge is 0.481 e. The Labute approximate surface area is 246 Å². The Morgan fingerprint density at radius 1 is 0.900 bits per heavy atom. The monoisotopic (exact) mass is 556 g/mol. The summed E-state index contributed by atoms with van der Waals surface area (Å²) in [6.45, 7) is 11.3. The molecule has 2 bridgehead atoms. The average molecular weight is 556 g/mol. The van der Waals surface area contributed by atoms with Gasteiger partial charge in [0.25, 0.3) is 0 Å². The molecular formula is C32H58B2N2O4. The van der Waals surface area contributed by atoms with Crippen molar-refractivity contribution in [2.45, 2.75) is 161 Å². The predicted molar refractivity (Wildman–Crippen MR) is 166 cm³/mol. The molecule has 5 fully saturated rings. The second kappa shape index (κ2) is 14.4. The zero-order valence-corrected chi connectivity index (χ0v) is 26.4. The molecular weight excluding hydrogens is 498 g/mol. The molecule has 5 rings (SSSR count). The van der Waals surface area contributed by atoms with E-state index < -0.39 is 7.12 Å². The number of hydrogen-bond acceptors (Lipinski definition) is 4. The molecule has 2 amide bonds. The lowest BCUT2D eigenvalue weighted by Crippen LogP contribution is -2.65. The van der Waals surface area contributed by atoms with E-state index in [9.17, 15) is 9.59 Å². The number of carbonyl (C=O) groups excluding carboxylic acids is 2. The Morgan fingerprint density at radius 3 is 2.02 bits per heavy atom. The van der Waals surface area contributed by atoms with Crippen LogP contribution in [0.5, 0.6) is 0 Å². The molecule has 0 aromatic rings. The van der Waals surface area contributed by atoms with Crippen molar-refractivity contribution < 1.29 is 18.9 Å². The third kappa shape index (κ3) is 8.08. The zero-order chi connectivity index (χ0) is 28.8. The van der Waals surface area contributed by atoms with Gasteiger partial charge in [0.2, 0.25) is 13.2 Å². The van der Waals surface area contributed by atoms with Gasteiger partial charge in [-0.1, -0.05) is 117 Å². The Morgan fingerprint density at radius 2 is 1.48 bits per heavy atom. The summed E-state index contributed by atoms with van der Waals surface area (Å²) in [5.41, 5.74) is -0.000330. The highest BCUT2D eigenvalue weighted by atomic mass is 16.7. The van der Waals surface area contributed by atoms with E-state index in [4.69, 9.17) is 9.31 Å². The van der Waals surface area contributed by atoms with E-state index in [1.165, 1.54) is 77.0 Å². The first-order valence-corrected chi connectivity index (χ1v) is 17.0. The maximum Gasteiger partial charge on any atom is 0.481 e. The highest BCUT2D eigenvalue weighted by Crippen LogP contribution is 2.65. The Balaban J connectivity index is 1.24. The van der Waals surface area contributed by atoms with Gasteiger partial charge < -0.3 is 19.9 Å². The van der Waals surface area contributed by atoms with Crippen LogP contribution in [-0.2, 0) is 14.1 Å². The zero-order valence-electron chi connectivity index (χ0n) is 26.4. The summed E-state index contributed by atoms with van der Waals surface area (Å²) < 4.78 is 13.2. The molecule has 4 saturated carbocycles. The third-order valence-electron chi connectivity index (χ3n) is 11.0. The van der Waals surface area contributed by atoms with Crippen molar-refractivity contribution in [1.29, 1.82) is 0 Å². The first kappa shape index (κ1) is 31.9. The van der Waals surface area contributed by atoms with E-state index in [0.29, 0.717) is 30.9 Å². The normalized spacial score (nSPS) is 32.4. The van der Waals surface area contributed by atoms with Gasteiger partial charge in [-0.2, -0.15) is 0 Å². The number of nitrogens with one attached hydrogen (secondary N) is 2. The van der Waals surface area contributed by atoms with Crippen molar-refractivity contribution in [3.8, 4) is 0 Å². The van der Waals surface area contributed by atoms with E-state index in [0.717, 1.165) is 25.7 Å². The summed E-state index contributed by atoms with van der Waals surface area (Å²) in [7, 11) is 0.104. The molecule has 4 aliphatic carbocycles. The Kier molecular flexibility index (Phi) is 11.5. The summed E-state index contributed by atoms with van der Waals surface area (Å²) in [6, 6.07) is 0. The molecule has 1 heterocycles. The van der Waals surface area contributed by atoms with Crippen molar-refractivity contribution in [3.05, 3.63) is 0 Å². The highest BCUT2D eigenvalue weighted by molar-refractivity contribution is 6.74. The second-order valence-electron chi connectivity index (χ2n) is 15.0. The van der Waals surface area contributed by atoms with Crippen molar-refractivity contribution in [2.24, 2.45) is 23.2 Å². The molecule has 6 nitrogen and oxygen atoms in total. The first-order valence-electron chi connectivity index (χ1n) is 17.0. The van der Waals surface area contributed by atoms with Gasteiger partial charge in [0.05, 0.1) is 24.2 Å². The van der Waals surface area contributed by atoms with Crippen molar-refractivity contribution in [2.75, 3.05) is 6.54 Å². The second-order valence-corrected chi connectivity index (χ2v) is 15.0. The fourth-order valence-electron chi connectivity index (χ4n) is 8.39. The van der Waals surface area contributed by atoms with E-state index in [-0.39, 0.29) is 41.3 Å². The van der Waals surface area contributed by atoms with Crippen LogP contribution in [0.15, 0.2) is 0 Å². The van der Waals surface area contributed by atoms with Crippen molar-refractivity contribution in [3.63, 3.8) is 0 Å². The molecule has 0 spiro atoms. The maximum atomic E-state index is 13.0. The third-order valence-corrected chi connectivity index (χ3v) is 11.0. The number of carbonyl (C=O) groups is 2. The topological polar surface area (TPSA) is 76.7 Å². The number of amides is 2. The van der Waals surface area contributed by atoms with Crippen LogP contribution in [0.2, 0.25) is 5.82 Å². The molecule has 8 heteroatoms. The molecule has 1 unspecified atom stereocenters.